The summed E-state index contributed by atoms with van der Waals surface area (Å²) in [5.41, 5.74) is 8.48. The van der Waals surface area contributed by atoms with Crippen LogP contribution in [0.2, 0.25) is 0 Å². The minimum Gasteiger partial charge on any atom is -0.456 e. The van der Waals surface area contributed by atoms with Crippen LogP contribution in [0.25, 0.3) is 82.2 Å². The Balaban J connectivity index is 1.35. The summed E-state index contributed by atoms with van der Waals surface area (Å²) >= 11 is 0. The third-order valence-corrected chi connectivity index (χ3v) is 8.11. The smallest absolute Gasteiger partial charge is 0.136 e. The first-order valence-corrected chi connectivity index (χ1v) is 13.4. The van der Waals surface area contributed by atoms with Gasteiger partial charge in [-0.2, -0.15) is 5.10 Å². The van der Waals surface area contributed by atoms with E-state index in [0.29, 0.717) is 0 Å². The largest absolute Gasteiger partial charge is 0.456 e. The molecule has 186 valence electrons. The molecule has 3 heterocycles. The lowest BCUT2D eigenvalue weighted by Crippen LogP contribution is -1.93. The molecule has 4 nitrogen and oxygen atoms in total. The molecule has 6 aromatic carbocycles. The summed E-state index contributed by atoms with van der Waals surface area (Å²) in [6.45, 7) is 0. The molecular formula is C36H21N3O. The van der Waals surface area contributed by atoms with E-state index in [4.69, 9.17) is 4.42 Å². The van der Waals surface area contributed by atoms with E-state index in [1.807, 2.05) is 18.2 Å². The molecule has 0 N–H and O–H groups in total. The Hall–Kier alpha value is -5.48. The maximum Gasteiger partial charge on any atom is 0.136 e. The van der Waals surface area contributed by atoms with E-state index in [-0.39, 0.29) is 0 Å². The molecule has 0 aliphatic rings. The summed E-state index contributed by atoms with van der Waals surface area (Å²) in [6.07, 6.45) is 1.78. The molecule has 0 fully saturated rings. The van der Waals surface area contributed by atoms with Crippen molar-refractivity contribution in [3.8, 4) is 16.8 Å². The molecular weight excluding hydrogens is 490 g/mol. The lowest BCUT2D eigenvalue weighted by atomic mass is 9.94. The zero-order valence-electron chi connectivity index (χ0n) is 21.4. The minimum atomic E-state index is 0.879. The van der Waals surface area contributed by atoms with Crippen molar-refractivity contribution in [1.29, 1.82) is 0 Å². The molecule has 0 aliphatic heterocycles. The van der Waals surface area contributed by atoms with Gasteiger partial charge in [-0.1, -0.05) is 60.7 Å². The third-order valence-electron chi connectivity index (χ3n) is 8.11. The van der Waals surface area contributed by atoms with Crippen LogP contribution < -0.4 is 0 Å². The number of aromatic nitrogens is 3. The molecule has 9 rings (SSSR count). The maximum absolute atomic E-state index is 6.23. The van der Waals surface area contributed by atoms with Gasteiger partial charge in [0.15, 0.2) is 0 Å². The Morgan fingerprint density at radius 1 is 0.525 bits per heavy atom. The Morgan fingerprint density at radius 2 is 1.32 bits per heavy atom. The number of hydrogen-bond donors (Lipinski definition) is 0. The SMILES string of the molecule is c1ccc(-n2c3ccccc3c3cc(-c4cc5cc6oc7ccccc7c6cc5c5nnccc45)ccc32)cc1. The molecule has 0 spiro atoms. The fourth-order valence-electron chi connectivity index (χ4n) is 6.33. The molecule has 0 bridgehead atoms. The normalized spacial score (nSPS) is 12.0. The highest BCUT2D eigenvalue weighted by Crippen LogP contribution is 2.40. The van der Waals surface area contributed by atoms with Crippen molar-refractivity contribution in [1.82, 2.24) is 14.8 Å². The van der Waals surface area contributed by atoms with Crippen molar-refractivity contribution < 1.29 is 4.42 Å². The number of hydrogen-bond acceptors (Lipinski definition) is 3. The molecule has 0 atom stereocenters. The van der Waals surface area contributed by atoms with Crippen LogP contribution >= 0.6 is 0 Å². The Bertz CT molecular complexity index is 2430. The van der Waals surface area contributed by atoms with Crippen molar-refractivity contribution in [3.63, 3.8) is 0 Å². The van der Waals surface area contributed by atoms with Gasteiger partial charge in [0.05, 0.1) is 17.2 Å². The van der Waals surface area contributed by atoms with E-state index in [2.05, 4.69) is 118 Å². The number of nitrogens with zero attached hydrogens (tertiary/aromatic N) is 3. The van der Waals surface area contributed by atoms with Gasteiger partial charge in [-0.05, 0) is 77.2 Å². The second kappa shape index (κ2) is 8.01. The highest BCUT2D eigenvalue weighted by Gasteiger charge is 2.17. The molecule has 4 heteroatoms. The first-order valence-electron chi connectivity index (χ1n) is 13.4. The van der Waals surface area contributed by atoms with Crippen LogP contribution in [0.4, 0.5) is 0 Å². The van der Waals surface area contributed by atoms with E-state index >= 15 is 0 Å². The predicted octanol–water partition coefficient (Wildman–Crippen LogP) is 9.45. The van der Waals surface area contributed by atoms with E-state index in [1.165, 1.54) is 21.8 Å². The topological polar surface area (TPSA) is 43.9 Å². The van der Waals surface area contributed by atoms with Crippen LogP contribution in [0.5, 0.6) is 0 Å². The first-order chi connectivity index (χ1) is 19.8. The average molecular weight is 512 g/mol. The van der Waals surface area contributed by atoms with E-state index < -0.39 is 0 Å². The molecule has 0 amide bonds. The van der Waals surface area contributed by atoms with Crippen LogP contribution in [0.15, 0.2) is 132 Å². The third kappa shape index (κ3) is 2.96. The fraction of sp³-hybridized carbons (Fsp3) is 0. The lowest BCUT2D eigenvalue weighted by Gasteiger charge is -2.11. The van der Waals surface area contributed by atoms with Gasteiger partial charge >= 0.3 is 0 Å². The van der Waals surface area contributed by atoms with Gasteiger partial charge in [-0.3, -0.25) is 0 Å². The number of benzene rings is 6. The van der Waals surface area contributed by atoms with Crippen LogP contribution in [-0.2, 0) is 0 Å². The monoisotopic (exact) mass is 511 g/mol. The Morgan fingerprint density at radius 3 is 2.25 bits per heavy atom. The number of rotatable bonds is 2. The zero-order chi connectivity index (χ0) is 26.2. The van der Waals surface area contributed by atoms with Gasteiger partial charge in [-0.25, -0.2) is 0 Å². The summed E-state index contributed by atoms with van der Waals surface area (Å²) in [6, 6.07) is 42.8. The van der Waals surface area contributed by atoms with Crippen molar-refractivity contribution in [3.05, 3.63) is 128 Å². The Labute approximate surface area is 228 Å². The van der Waals surface area contributed by atoms with Gasteiger partial charge < -0.3 is 8.98 Å². The second-order valence-corrected chi connectivity index (χ2v) is 10.3. The average Bonchev–Trinajstić information content (AvgIpc) is 3.55. The summed E-state index contributed by atoms with van der Waals surface area (Å²) in [7, 11) is 0. The molecule has 9 aromatic rings. The summed E-state index contributed by atoms with van der Waals surface area (Å²) < 4.78 is 8.57. The van der Waals surface area contributed by atoms with Crippen LogP contribution in [0.1, 0.15) is 0 Å². The van der Waals surface area contributed by atoms with Crippen molar-refractivity contribution >= 4 is 65.4 Å². The number of furan rings is 1. The molecule has 0 radical (unpaired) electrons. The maximum atomic E-state index is 6.23. The van der Waals surface area contributed by atoms with Crippen molar-refractivity contribution in [2.45, 2.75) is 0 Å². The van der Waals surface area contributed by atoms with E-state index in [1.54, 1.807) is 6.20 Å². The number of para-hydroxylation sites is 3. The van der Waals surface area contributed by atoms with Crippen molar-refractivity contribution in [2.24, 2.45) is 0 Å². The van der Waals surface area contributed by atoms with Crippen LogP contribution in [0, 0.1) is 0 Å². The first kappa shape index (κ1) is 21.5. The molecule has 40 heavy (non-hydrogen) atoms. The highest BCUT2D eigenvalue weighted by atomic mass is 16.3. The summed E-state index contributed by atoms with van der Waals surface area (Å²) in [5, 5.41) is 16.8. The zero-order valence-corrected chi connectivity index (χ0v) is 21.4. The second-order valence-electron chi connectivity index (χ2n) is 10.3. The van der Waals surface area contributed by atoms with Gasteiger partial charge in [0.25, 0.3) is 0 Å². The van der Waals surface area contributed by atoms with Crippen LogP contribution in [0.3, 0.4) is 0 Å². The quantitative estimate of drug-likeness (QED) is 0.217. The molecule has 0 unspecified atom stereocenters. The fourth-order valence-corrected chi connectivity index (χ4v) is 6.33. The van der Waals surface area contributed by atoms with Crippen molar-refractivity contribution in [2.75, 3.05) is 0 Å². The van der Waals surface area contributed by atoms with E-state index in [9.17, 15) is 0 Å². The molecule has 0 aliphatic carbocycles. The molecule has 0 saturated carbocycles. The minimum absolute atomic E-state index is 0.879. The van der Waals surface area contributed by atoms with Gasteiger partial charge in [0, 0.05) is 38.0 Å². The number of fused-ring (bicyclic) bond motifs is 9. The molecule has 3 aromatic heterocycles. The van der Waals surface area contributed by atoms with Crippen LogP contribution in [-0.4, -0.2) is 14.8 Å². The van der Waals surface area contributed by atoms with Gasteiger partial charge in [-0.15, -0.1) is 5.10 Å². The van der Waals surface area contributed by atoms with Gasteiger partial charge in [0.1, 0.15) is 16.7 Å². The standard InChI is InChI=1S/C36H21N3O/c1-2-8-24(9-3-1)39-32-12-6-4-10-25(32)30-18-22(14-15-33(30)39)28-19-23-20-35-31(26-11-5-7-13-34(26)40-35)21-29(23)36-27(28)16-17-37-38-36/h1-21H. The summed E-state index contributed by atoms with van der Waals surface area (Å²) in [4.78, 5) is 0. The van der Waals surface area contributed by atoms with E-state index in [0.717, 1.165) is 60.4 Å². The van der Waals surface area contributed by atoms with Gasteiger partial charge in [0.2, 0.25) is 0 Å². The molecule has 0 saturated heterocycles. The predicted molar refractivity (Wildman–Crippen MR) is 164 cm³/mol. The highest BCUT2D eigenvalue weighted by molar-refractivity contribution is 6.19. The lowest BCUT2D eigenvalue weighted by molar-refractivity contribution is 0.669. The Kier molecular flexibility index (Phi) is 4.30. The summed E-state index contributed by atoms with van der Waals surface area (Å²) in [5.74, 6) is 0.